The van der Waals surface area contributed by atoms with Gasteiger partial charge in [-0.3, -0.25) is 5.41 Å². The van der Waals surface area contributed by atoms with Crippen LogP contribution in [0.5, 0.6) is 5.88 Å². The predicted octanol–water partition coefficient (Wildman–Crippen LogP) is 0.890. The minimum atomic E-state index is -0.105. The maximum atomic E-state index is 8.73. The number of aromatic nitrogens is 1. The topological polar surface area (TPSA) is 92.2 Å². The molecule has 2 rings (SSSR count). The molecule has 88 valence electrons. The van der Waals surface area contributed by atoms with Crippen molar-refractivity contribution in [1.82, 2.24) is 4.98 Å². The summed E-state index contributed by atoms with van der Waals surface area (Å²) in [6.45, 7) is 0.0253. The molecule has 0 saturated carbocycles. The molecule has 0 amide bonds. The van der Waals surface area contributed by atoms with Gasteiger partial charge in [0.15, 0.2) is 0 Å². The fraction of sp³-hybridized carbons (Fsp3) is 0.167. The lowest BCUT2D eigenvalue weighted by Crippen LogP contribution is -2.15. The number of nitrogens with two attached hydrogens (primary N) is 1. The van der Waals surface area contributed by atoms with Crippen molar-refractivity contribution in [3.05, 3.63) is 35.9 Å². The fourth-order valence-electron chi connectivity index (χ4n) is 1.54. The Labute approximate surface area is 98.4 Å². The Kier molecular flexibility index (Phi) is 3.20. The summed E-state index contributed by atoms with van der Waals surface area (Å²) in [4.78, 5) is 4.28. The summed E-state index contributed by atoms with van der Waals surface area (Å²) in [6.07, 6.45) is 0. The van der Waals surface area contributed by atoms with Gasteiger partial charge >= 0.3 is 0 Å². The van der Waals surface area contributed by atoms with Crippen molar-refractivity contribution in [2.24, 2.45) is 5.73 Å². The second-order valence-electron chi connectivity index (χ2n) is 3.52. The highest BCUT2D eigenvalue weighted by atomic mass is 16.5. The Morgan fingerprint density at radius 2 is 2.18 bits per heavy atom. The average Bonchev–Trinajstić information content (AvgIpc) is 2.35. The molecule has 1 heterocycles. The first-order chi connectivity index (χ1) is 8.22. The molecule has 0 atom stereocenters. The van der Waals surface area contributed by atoms with E-state index in [0.717, 1.165) is 10.9 Å². The number of rotatable bonds is 4. The van der Waals surface area contributed by atoms with Gasteiger partial charge in [-0.05, 0) is 12.1 Å². The van der Waals surface area contributed by atoms with Crippen molar-refractivity contribution < 1.29 is 9.84 Å². The molecule has 4 N–H and O–H groups in total. The molecule has 17 heavy (non-hydrogen) atoms. The first-order valence-electron chi connectivity index (χ1n) is 5.20. The highest BCUT2D eigenvalue weighted by molar-refractivity contribution is 6.00. The van der Waals surface area contributed by atoms with Gasteiger partial charge in [-0.25, -0.2) is 4.98 Å². The van der Waals surface area contributed by atoms with Crippen molar-refractivity contribution in [1.29, 1.82) is 5.41 Å². The molecule has 1 aromatic heterocycles. The number of benzene rings is 1. The van der Waals surface area contributed by atoms with Crippen LogP contribution in [-0.4, -0.2) is 29.1 Å². The van der Waals surface area contributed by atoms with Crippen LogP contribution in [0, 0.1) is 5.41 Å². The number of nitrogen functional groups attached to an aromatic ring is 1. The molecule has 0 fully saturated rings. The SMILES string of the molecule is N=C(N)c1cc2ccccc2nc1OCCO. The molecule has 0 bridgehead atoms. The lowest BCUT2D eigenvalue weighted by Gasteiger charge is -2.09. The van der Waals surface area contributed by atoms with Gasteiger partial charge in [0.05, 0.1) is 17.7 Å². The maximum absolute atomic E-state index is 8.73. The normalized spacial score (nSPS) is 10.4. The summed E-state index contributed by atoms with van der Waals surface area (Å²) in [5.74, 6) is 0.182. The Balaban J connectivity index is 2.54. The number of fused-ring (bicyclic) bond motifs is 1. The highest BCUT2D eigenvalue weighted by Gasteiger charge is 2.10. The molecule has 0 aliphatic carbocycles. The van der Waals surface area contributed by atoms with Crippen LogP contribution in [0.4, 0.5) is 0 Å². The van der Waals surface area contributed by atoms with Gasteiger partial charge < -0.3 is 15.6 Å². The number of aliphatic hydroxyl groups is 1. The lowest BCUT2D eigenvalue weighted by atomic mass is 10.1. The van der Waals surface area contributed by atoms with Gasteiger partial charge in [-0.15, -0.1) is 0 Å². The molecule has 0 spiro atoms. The van der Waals surface area contributed by atoms with Gasteiger partial charge in [0.1, 0.15) is 12.4 Å². The fourth-order valence-corrected chi connectivity index (χ4v) is 1.54. The van der Waals surface area contributed by atoms with Crippen molar-refractivity contribution in [2.45, 2.75) is 0 Å². The zero-order valence-electron chi connectivity index (χ0n) is 9.18. The van der Waals surface area contributed by atoms with Crippen LogP contribution in [0.15, 0.2) is 30.3 Å². The third-order valence-corrected chi connectivity index (χ3v) is 2.31. The van der Waals surface area contributed by atoms with Gasteiger partial charge in [0, 0.05) is 5.39 Å². The Bertz CT molecular complexity index is 554. The molecule has 0 saturated heterocycles. The zero-order valence-corrected chi connectivity index (χ0v) is 9.18. The summed E-state index contributed by atoms with van der Waals surface area (Å²) in [6, 6.07) is 9.27. The largest absolute Gasteiger partial charge is 0.475 e. The van der Waals surface area contributed by atoms with E-state index in [1.54, 1.807) is 6.07 Å². The molecule has 5 heteroatoms. The number of para-hydroxylation sites is 1. The van der Waals surface area contributed by atoms with Gasteiger partial charge in [0.25, 0.3) is 0 Å². The molecular weight excluding hydrogens is 218 g/mol. The van der Waals surface area contributed by atoms with Crippen LogP contribution in [0.25, 0.3) is 10.9 Å². The van der Waals surface area contributed by atoms with E-state index in [1.165, 1.54) is 0 Å². The molecule has 2 aromatic rings. The molecule has 5 nitrogen and oxygen atoms in total. The molecule has 0 unspecified atom stereocenters. The lowest BCUT2D eigenvalue weighted by molar-refractivity contribution is 0.197. The Morgan fingerprint density at radius 3 is 2.88 bits per heavy atom. The number of amidine groups is 1. The Hall–Kier alpha value is -2.14. The number of nitrogens with one attached hydrogen (secondary N) is 1. The van der Waals surface area contributed by atoms with Crippen LogP contribution in [0.2, 0.25) is 0 Å². The van der Waals surface area contributed by atoms with Gasteiger partial charge in [-0.1, -0.05) is 18.2 Å². The maximum Gasteiger partial charge on any atom is 0.225 e. The first-order valence-corrected chi connectivity index (χ1v) is 5.20. The second-order valence-corrected chi connectivity index (χ2v) is 3.52. The van der Waals surface area contributed by atoms with E-state index in [9.17, 15) is 0 Å². The molecule has 0 aliphatic rings. The molecule has 0 aliphatic heterocycles. The average molecular weight is 231 g/mol. The van der Waals surface area contributed by atoms with E-state index in [0.29, 0.717) is 5.56 Å². The quantitative estimate of drug-likeness (QED) is 0.538. The van der Waals surface area contributed by atoms with Crippen LogP contribution < -0.4 is 10.5 Å². The summed E-state index contributed by atoms with van der Waals surface area (Å²) in [7, 11) is 0. The monoisotopic (exact) mass is 231 g/mol. The minimum Gasteiger partial charge on any atom is -0.475 e. The van der Waals surface area contributed by atoms with Gasteiger partial charge in [-0.2, -0.15) is 0 Å². The van der Waals surface area contributed by atoms with E-state index in [4.69, 9.17) is 21.0 Å². The number of ether oxygens (including phenoxy) is 1. The minimum absolute atomic E-state index is 0.101. The van der Waals surface area contributed by atoms with E-state index < -0.39 is 0 Å². The molecular formula is C12H13N3O2. The van der Waals surface area contributed by atoms with E-state index in [2.05, 4.69) is 4.98 Å². The molecule has 0 radical (unpaired) electrons. The summed E-state index contributed by atoms with van der Waals surface area (Å²) in [5.41, 5.74) is 6.69. The predicted molar refractivity (Wildman–Crippen MR) is 65.3 cm³/mol. The first kappa shape index (κ1) is 11.3. The van der Waals surface area contributed by atoms with Crippen LogP contribution >= 0.6 is 0 Å². The second kappa shape index (κ2) is 4.80. The van der Waals surface area contributed by atoms with E-state index >= 15 is 0 Å². The van der Waals surface area contributed by atoms with E-state index in [-0.39, 0.29) is 24.9 Å². The molecule has 1 aromatic carbocycles. The van der Waals surface area contributed by atoms with Crippen molar-refractivity contribution in [3.63, 3.8) is 0 Å². The number of nitrogens with zero attached hydrogens (tertiary/aromatic N) is 1. The van der Waals surface area contributed by atoms with E-state index in [1.807, 2.05) is 24.3 Å². The smallest absolute Gasteiger partial charge is 0.225 e. The van der Waals surface area contributed by atoms with Crippen molar-refractivity contribution in [3.8, 4) is 5.88 Å². The van der Waals surface area contributed by atoms with Crippen LogP contribution in [-0.2, 0) is 0 Å². The number of hydrogen-bond donors (Lipinski definition) is 3. The highest BCUT2D eigenvalue weighted by Crippen LogP contribution is 2.21. The standard InChI is InChI=1S/C12H13N3O2/c13-11(14)9-7-8-3-1-2-4-10(8)15-12(9)17-6-5-16/h1-4,7,16H,5-6H2,(H3,13,14). The number of pyridine rings is 1. The summed E-state index contributed by atoms with van der Waals surface area (Å²) < 4.78 is 5.27. The Morgan fingerprint density at radius 1 is 1.41 bits per heavy atom. The van der Waals surface area contributed by atoms with Crippen LogP contribution in [0.1, 0.15) is 5.56 Å². The van der Waals surface area contributed by atoms with Crippen molar-refractivity contribution >= 4 is 16.7 Å². The van der Waals surface area contributed by atoms with Gasteiger partial charge in [0.2, 0.25) is 5.88 Å². The number of aliphatic hydroxyl groups excluding tert-OH is 1. The zero-order chi connectivity index (χ0) is 12.3. The third kappa shape index (κ3) is 2.34. The summed E-state index contributed by atoms with van der Waals surface area (Å²) in [5, 5.41) is 17.1. The van der Waals surface area contributed by atoms with Crippen LogP contribution in [0.3, 0.4) is 0 Å². The number of hydrogen-bond acceptors (Lipinski definition) is 4. The third-order valence-electron chi connectivity index (χ3n) is 2.31. The van der Waals surface area contributed by atoms with Crippen molar-refractivity contribution in [2.75, 3.05) is 13.2 Å². The summed E-state index contributed by atoms with van der Waals surface area (Å²) >= 11 is 0.